The number of carbonyl (C=O) groups excluding carboxylic acids is 1. The SMILES string of the molecule is CC1(C)CC(NC(=O)CSC[C@H]2O[C@@H]3O[C@H]4[C@H](O)[C@@H](O)[C@@H](O[C@H]5[C@H](O)[C@@H](O)[C@@H](O[C@H]6[C@H](O)[C@@H](O)[C@@H](O[C@H]7[C@H](O)[C@@H](O)[C@@H](O[C@H]8[C@H](O)[C@@H](O)[C@@H](O[C@H]9[C@H](O)[C@@H](O)[C@@H](O[C@H]2[C@H](O)[C@H]3O)O[C@@H]9CO)O[C@@H]8CO)O[C@@H]7CO)O[C@@H]6CO)O[C@@H]5CO)O[C@@H]4CO)CC(C)(C)N1[O]. The van der Waals surface area contributed by atoms with Gasteiger partial charge in [0.05, 0.1) is 51.5 Å². The Morgan fingerprint density at radius 2 is 0.543 bits per heavy atom. The Kier molecular flexibility index (Phi) is 25.0. The van der Waals surface area contributed by atoms with Gasteiger partial charge < -0.3 is 174 Å². The van der Waals surface area contributed by atoms with Crippen LogP contribution in [-0.2, 0) is 76.3 Å². The Balaban J connectivity index is 0.999. The molecular formula is C53H89N2O36S. The Hall–Kier alpha value is -1.62. The average Bonchev–Trinajstić information content (AvgIpc) is 0.804. The van der Waals surface area contributed by atoms with Crippen LogP contribution in [0.4, 0.5) is 0 Å². The number of hydrogen-bond donors (Lipinski definition) is 21. The van der Waals surface area contributed by atoms with Gasteiger partial charge in [-0.05, 0) is 40.5 Å². The van der Waals surface area contributed by atoms with Crippen molar-refractivity contribution in [3.63, 3.8) is 0 Å². The molecule has 0 aromatic heterocycles. The summed E-state index contributed by atoms with van der Waals surface area (Å²) in [6.45, 7) is 0.572. The van der Waals surface area contributed by atoms with E-state index in [0.717, 1.165) is 16.8 Å². The zero-order chi connectivity index (χ0) is 67.3. The van der Waals surface area contributed by atoms with Crippen LogP contribution in [0, 0.1) is 0 Å². The molecule has 22 fully saturated rings. The zero-order valence-electron chi connectivity index (χ0n) is 50.2. The third kappa shape index (κ3) is 15.2. The van der Waals surface area contributed by atoms with Gasteiger partial charge in [-0.1, -0.05) is 0 Å². The number of ether oxygens (including phenoxy) is 14. The number of thioether (sulfide) groups is 1. The zero-order valence-corrected chi connectivity index (χ0v) is 51.0. The number of hydroxylamine groups is 2. The standard InChI is InChI=1S/C53H89N2O36S/c1-52(2)5-15(6-53(3,4)55(52)77)54-23(62)14-92-13-22-44-30(69)37(76)51(84-22)90-43-21(12-61)82-49(35(74)28(43)67)88-41-19(10-59)80-47(33(72)26(41)65)86-39-17(8-57)78-45(31(70)24(39)63)85-38-16(7-56)79-46(32(71)25(38)64)87-40-18(9-58)81-48(34(73)27(40)66)89-42-20(11-60)83-50(91-44)36(75)29(42)68/h15-22,24-51,56-61,63-76H,5-14H2,1-4H3,(H,54,62)/t16-,17-,18-,19-,20-,21-,22-,24-,25-,26-,27-,28-,29-,30-,31-,32-,33-,34-,35-,36-,37-,38-,39-,40-,41-,42-,43-,44-,45-,46-,47-,48-,49-,50-,51-/m1/s1. The normalized spacial score (nSPS) is 50.8. The predicted octanol–water partition coefficient (Wildman–Crippen LogP) is -13.0. The fourth-order valence-electron chi connectivity index (χ4n) is 13.3. The Labute approximate surface area is 528 Å². The van der Waals surface area contributed by atoms with Gasteiger partial charge in [-0.15, -0.1) is 22.0 Å². The molecule has 0 aliphatic carbocycles. The summed E-state index contributed by atoms with van der Waals surface area (Å²) >= 11 is 0.888. The second-order valence-corrected chi connectivity index (χ2v) is 26.6. The smallest absolute Gasteiger partial charge is 0.230 e. The Bertz CT molecular complexity index is 2320. The van der Waals surface area contributed by atoms with Crippen LogP contribution in [0.25, 0.3) is 0 Å². The van der Waals surface area contributed by atoms with Gasteiger partial charge in [0, 0.05) is 22.9 Å². The number of aliphatic hydroxyl groups excluding tert-OH is 20. The quantitative estimate of drug-likeness (QED) is 0.0913. The van der Waals surface area contributed by atoms with Crippen molar-refractivity contribution >= 4 is 17.7 Å². The van der Waals surface area contributed by atoms with E-state index in [4.69, 9.17) is 66.3 Å². The lowest BCUT2D eigenvalue weighted by atomic mass is 9.79. The van der Waals surface area contributed by atoms with Crippen LogP contribution in [0.1, 0.15) is 40.5 Å². The van der Waals surface area contributed by atoms with Gasteiger partial charge >= 0.3 is 0 Å². The molecule has 21 N–H and O–H groups in total. The molecule has 533 valence electrons. The summed E-state index contributed by atoms with van der Waals surface area (Å²) in [6, 6.07) is -0.441. The third-order valence-corrected chi connectivity index (χ3v) is 19.1. The fraction of sp³-hybridized carbons (Fsp3) is 0.981. The molecule has 14 bridgehead atoms. The van der Waals surface area contributed by atoms with Crippen LogP contribution in [0.2, 0.25) is 0 Å². The van der Waals surface area contributed by atoms with Gasteiger partial charge in [-0.25, -0.2) is 0 Å². The predicted molar refractivity (Wildman–Crippen MR) is 291 cm³/mol. The van der Waals surface area contributed by atoms with Crippen molar-refractivity contribution in [3.05, 3.63) is 0 Å². The molecule has 0 saturated carbocycles. The molecule has 0 aromatic carbocycles. The first-order chi connectivity index (χ1) is 43.4. The minimum atomic E-state index is -2.24. The van der Waals surface area contributed by atoms with E-state index < -0.39 is 278 Å². The van der Waals surface area contributed by atoms with Gasteiger partial charge in [0.25, 0.3) is 0 Å². The van der Waals surface area contributed by atoms with Crippen molar-refractivity contribution in [3.8, 4) is 0 Å². The maximum atomic E-state index is 13.5. The van der Waals surface area contributed by atoms with Crippen molar-refractivity contribution in [1.82, 2.24) is 10.4 Å². The summed E-state index contributed by atoms with van der Waals surface area (Å²) in [5, 5.41) is 242. The third-order valence-electron chi connectivity index (χ3n) is 18.1. The Morgan fingerprint density at radius 1 is 0.348 bits per heavy atom. The number of nitrogens with zero attached hydrogens (tertiary/aromatic N) is 1. The van der Waals surface area contributed by atoms with Crippen LogP contribution in [-0.4, -0.2) is 396 Å². The van der Waals surface area contributed by atoms with Crippen molar-refractivity contribution in [2.45, 2.75) is 273 Å². The van der Waals surface area contributed by atoms with Gasteiger partial charge in [0.15, 0.2) is 44.0 Å². The summed E-state index contributed by atoms with van der Waals surface area (Å²) in [5.41, 5.74) is -1.71. The number of aliphatic hydroxyl groups is 20. The highest BCUT2D eigenvalue weighted by Crippen LogP contribution is 2.41. The molecule has 35 atom stereocenters. The molecule has 22 aliphatic heterocycles. The number of piperidine rings is 1. The van der Waals surface area contributed by atoms with E-state index in [1.54, 1.807) is 27.7 Å². The van der Waals surface area contributed by atoms with E-state index in [1.165, 1.54) is 0 Å². The molecular weight excluding hydrogens is 1270 g/mol. The molecule has 1 amide bonds. The van der Waals surface area contributed by atoms with Crippen LogP contribution < -0.4 is 5.32 Å². The summed E-state index contributed by atoms with van der Waals surface area (Å²) < 4.78 is 81.5. The van der Waals surface area contributed by atoms with Crippen LogP contribution in [0.3, 0.4) is 0 Å². The highest BCUT2D eigenvalue weighted by atomic mass is 32.2. The highest BCUT2D eigenvalue weighted by Gasteiger charge is 2.60. The summed E-state index contributed by atoms with van der Waals surface area (Å²) in [6.07, 6.45) is -70.3. The maximum absolute atomic E-state index is 13.5. The number of carbonyl (C=O) groups is 1. The van der Waals surface area contributed by atoms with Gasteiger partial charge in [0.2, 0.25) is 5.91 Å². The van der Waals surface area contributed by atoms with Crippen molar-refractivity contribution in [2.75, 3.05) is 51.1 Å². The molecule has 0 spiro atoms. The molecule has 0 unspecified atom stereocenters. The molecule has 22 saturated heterocycles. The largest absolute Gasteiger partial charge is 0.394 e. The van der Waals surface area contributed by atoms with Gasteiger partial charge in [-0.2, -0.15) is 0 Å². The molecule has 38 nitrogen and oxygen atoms in total. The van der Waals surface area contributed by atoms with E-state index in [2.05, 4.69) is 5.32 Å². The molecule has 92 heavy (non-hydrogen) atoms. The molecule has 22 aliphatic rings. The topological polar surface area (TPSA) is 586 Å². The van der Waals surface area contributed by atoms with E-state index >= 15 is 0 Å². The lowest BCUT2D eigenvalue weighted by molar-refractivity contribution is -0.396. The number of rotatable bonds is 11. The molecule has 22 heterocycles. The monoisotopic (exact) mass is 1360 g/mol. The van der Waals surface area contributed by atoms with E-state index in [1.807, 2.05) is 0 Å². The van der Waals surface area contributed by atoms with Crippen molar-refractivity contribution in [2.24, 2.45) is 0 Å². The first kappa shape index (κ1) is 74.6. The highest BCUT2D eigenvalue weighted by molar-refractivity contribution is 8.00. The number of amides is 1. The second kappa shape index (κ2) is 30.9. The molecule has 1 radical (unpaired) electrons. The fourth-order valence-corrected chi connectivity index (χ4v) is 14.2. The summed E-state index contributed by atoms with van der Waals surface area (Å²) in [7, 11) is 0. The van der Waals surface area contributed by atoms with Crippen LogP contribution >= 0.6 is 11.8 Å². The van der Waals surface area contributed by atoms with Crippen LogP contribution in [0.15, 0.2) is 0 Å². The van der Waals surface area contributed by atoms with Gasteiger partial charge in [-0.3, -0.25) is 4.79 Å². The van der Waals surface area contributed by atoms with E-state index in [-0.39, 0.29) is 11.5 Å². The first-order valence-corrected chi connectivity index (χ1v) is 31.3. The van der Waals surface area contributed by atoms with E-state index in [0.29, 0.717) is 12.8 Å². The molecule has 39 heteroatoms. The lowest BCUT2D eigenvalue weighted by Crippen LogP contribution is -2.68. The molecule has 22 rings (SSSR count). The minimum Gasteiger partial charge on any atom is -0.394 e. The summed E-state index contributed by atoms with van der Waals surface area (Å²) in [4.78, 5) is 13.5. The van der Waals surface area contributed by atoms with E-state index in [9.17, 15) is 112 Å². The molecule has 0 aromatic rings. The Morgan fingerprint density at radius 3 is 0.750 bits per heavy atom. The van der Waals surface area contributed by atoms with Crippen LogP contribution in [0.5, 0.6) is 0 Å². The second-order valence-electron chi connectivity index (χ2n) is 25.6. The lowest BCUT2D eigenvalue weighted by Gasteiger charge is -2.50. The first-order valence-electron chi connectivity index (χ1n) is 30.1. The van der Waals surface area contributed by atoms with Gasteiger partial charge in [0.1, 0.15) is 165 Å². The summed E-state index contributed by atoms with van der Waals surface area (Å²) in [5.74, 6) is -1.16. The number of nitrogens with one attached hydrogen (secondary N) is 1. The van der Waals surface area contributed by atoms with Crippen molar-refractivity contribution in [1.29, 1.82) is 0 Å². The van der Waals surface area contributed by atoms with Crippen molar-refractivity contribution < 1.29 is 178 Å². The minimum absolute atomic E-state index is 0.292. The maximum Gasteiger partial charge on any atom is 0.230 e. The average molecular weight is 1360 g/mol. The number of hydrogen-bond acceptors (Lipinski definition) is 37.